The topological polar surface area (TPSA) is 44.8 Å². The largest absolute Gasteiger partial charge is 0.463 e. The third-order valence-electron chi connectivity index (χ3n) is 3.02. The van der Waals surface area contributed by atoms with Crippen molar-refractivity contribution >= 4 is 5.97 Å². The minimum Gasteiger partial charge on any atom is -0.463 e. The van der Waals surface area contributed by atoms with Gasteiger partial charge in [0.25, 0.3) is 0 Å². The molecule has 0 unspecified atom stereocenters. The molecule has 0 amide bonds. The number of hydrogen-bond acceptors (Lipinski definition) is 4. The van der Waals surface area contributed by atoms with Crippen LogP contribution in [-0.4, -0.2) is 39.0 Å². The highest BCUT2D eigenvalue weighted by Crippen LogP contribution is 2.40. The van der Waals surface area contributed by atoms with Gasteiger partial charge < -0.3 is 14.2 Å². The highest BCUT2D eigenvalue weighted by molar-refractivity contribution is 5.74. The summed E-state index contributed by atoms with van der Waals surface area (Å²) in [5.41, 5.74) is -0.240. The molecule has 0 radical (unpaired) electrons. The molecule has 0 heterocycles. The third kappa shape index (κ3) is 7.85. The number of esters is 1. The standard InChI is InChI=1S/C16H32O4/c1-8-18-9-10-19-11-12-20-14(17)13(15(2,3)4)16(5,6)7/h13H,8-12H2,1-7H3. The SMILES string of the molecule is CCOCCOCCOC(=O)C(C(C)(C)C)C(C)(C)C. The van der Waals surface area contributed by atoms with Gasteiger partial charge in [0, 0.05) is 6.61 Å². The first kappa shape index (κ1) is 19.4. The van der Waals surface area contributed by atoms with Crippen molar-refractivity contribution in [2.24, 2.45) is 16.7 Å². The van der Waals surface area contributed by atoms with Gasteiger partial charge in [-0.05, 0) is 17.8 Å². The fourth-order valence-electron chi connectivity index (χ4n) is 2.65. The smallest absolute Gasteiger partial charge is 0.310 e. The van der Waals surface area contributed by atoms with Crippen molar-refractivity contribution in [2.75, 3.05) is 33.0 Å². The molecule has 0 aliphatic rings. The predicted octanol–water partition coefficient (Wildman–Crippen LogP) is 3.29. The molecule has 0 aromatic rings. The molecule has 4 nitrogen and oxygen atoms in total. The second kappa shape index (κ2) is 8.63. The average Bonchev–Trinajstić information content (AvgIpc) is 2.23. The Hall–Kier alpha value is -0.610. The van der Waals surface area contributed by atoms with Crippen LogP contribution in [0.2, 0.25) is 0 Å². The van der Waals surface area contributed by atoms with Crippen LogP contribution in [0.4, 0.5) is 0 Å². The first-order chi connectivity index (χ1) is 9.10. The predicted molar refractivity (Wildman–Crippen MR) is 80.7 cm³/mol. The molecule has 120 valence electrons. The minimum absolute atomic E-state index is 0.120. The van der Waals surface area contributed by atoms with E-state index in [1.165, 1.54) is 0 Å². The molecule has 0 spiro atoms. The number of hydrogen-bond donors (Lipinski definition) is 0. The Morgan fingerprint density at radius 2 is 1.30 bits per heavy atom. The summed E-state index contributed by atoms with van der Waals surface area (Å²) in [5, 5.41) is 0. The summed E-state index contributed by atoms with van der Waals surface area (Å²) in [5.74, 6) is -0.281. The number of carbonyl (C=O) groups is 1. The minimum atomic E-state index is -0.140. The van der Waals surface area contributed by atoms with Gasteiger partial charge in [0.15, 0.2) is 0 Å². The van der Waals surface area contributed by atoms with Gasteiger partial charge >= 0.3 is 5.97 Å². The van der Waals surface area contributed by atoms with Crippen molar-refractivity contribution in [3.8, 4) is 0 Å². The monoisotopic (exact) mass is 288 g/mol. The van der Waals surface area contributed by atoms with Gasteiger partial charge in [-0.1, -0.05) is 41.5 Å². The highest BCUT2D eigenvalue weighted by atomic mass is 16.6. The summed E-state index contributed by atoms with van der Waals surface area (Å²) >= 11 is 0. The number of rotatable bonds is 8. The van der Waals surface area contributed by atoms with Gasteiger partial charge in [0.2, 0.25) is 0 Å². The van der Waals surface area contributed by atoms with E-state index in [4.69, 9.17) is 14.2 Å². The van der Waals surface area contributed by atoms with Gasteiger partial charge in [-0.15, -0.1) is 0 Å². The summed E-state index contributed by atoms with van der Waals surface area (Å²) in [6, 6.07) is 0. The van der Waals surface area contributed by atoms with Crippen LogP contribution < -0.4 is 0 Å². The lowest BCUT2D eigenvalue weighted by Gasteiger charge is -2.38. The van der Waals surface area contributed by atoms with Crippen LogP contribution in [-0.2, 0) is 19.0 Å². The van der Waals surface area contributed by atoms with E-state index in [9.17, 15) is 4.79 Å². The fourth-order valence-corrected chi connectivity index (χ4v) is 2.65. The van der Waals surface area contributed by atoms with E-state index < -0.39 is 0 Å². The average molecular weight is 288 g/mol. The van der Waals surface area contributed by atoms with Gasteiger partial charge in [-0.2, -0.15) is 0 Å². The Labute approximate surface area is 124 Å². The van der Waals surface area contributed by atoms with E-state index in [-0.39, 0.29) is 22.7 Å². The molecule has 0 bridgehead atoms. The molecule has 0 aromatic heterocycles. The van der Waals surface area contributed by atoms with E-state index >= 15 is 0 Å². The van der Waals surface area contributed by atoms with E-state index in [1.807, 2.05) is 6.92 Å². The molecule has 4 heteroatoms. The zero-order valence-electron chi connectivity index (χ0n) is 14.2. The van der Waals surface area contributed by atoms with Crippen molar-refractivity contribution < 1.29 is 19.0 Å². The molecule has 0 aliphatic heterocycles. The van der Waals surface area contributed by atoms with Crippen LogP contribution in [0.5, 0.6) is 0 Å². The Morgan fingerprint density at radius 1 is 0.850 bits per heavy atom. The van der Waals surface area contributed by atoms with Gasteiger partial charge in [0.05, 0.1) is 25.7 Å². The summed E-state index contributed by atoms with van der Waals surface area (Å²) < 4.78 is 15.8. The quantitative estimate of drug-likeness (QED) is 0.508. The van der Waals surface area contributed by atoms with Crippen LogP contribution in [0.25, 0.3) is 0 Å². The Balaban J connectivity index is 4.11. The van der Waals surface area contributed by atoms with Gasteiger partial charge in [0.1, 0.15) is 6.61 Å². The highest BCUT2D eigenvalue weighted by Gasteiger charge is 2.41. The van der Waals surface area contributed by atoms with Gasteiger partial charge in [-0.3, -0.25) is 4.79 Å². The van der Waals surface area contributed by atoms with E-state index in [2.05, 4.69) is 41.5 Å². The van der Waals surface area contributed by atoms with Crippen LogP contribution in [0.1, 0.15) is 48.5 Å². The lowest BCUT2D eigenvalue weighted by molar-refractivity contribution is -0.159. The molecule has 0 fully saturated rings. The van der Waals surface area contributed by atoms with E-state index in [0.29, 0.717) is 33.0 Å². The van der Waals surface area contributed by atoms with Crippen molar-refractivity contribution in [1.82, 2.24) is 0 Å². The molecule has 0 N–H and O–H groups in total. The molecular weight excluding hydrogens is 256 g/mol. The first-order valence-corrected chi connectivity index (χ1v) is 7.42. The Kier molecular flexibility index (Phi) is 8.36. The van der Waals surface area contributed by atoms with Crippen LogP contribution >= 0.6 is 0 Å². The molecule has 20 heavy (non-hydrogen) atoms. The first-order valence-electron chi connectivity index (χ1n) is 7.42. The van der Waals surface area contributed by atoms with Crippen LogP contribution in [0.3, 0.4) is 0 Å². The van der Waals surface area contributed by atoms with Gasteiger partial charge in [-0.25, -0.2) is 0 Å². The summed E-state index contributed by atoms with van der Waals surface area (Å²) in [7, 11) is 0. The molecule has 0 aliphatic carbocycles. The number of ether oxygens (including phenoxy) is 3. The van der Waals surface area contributed by atoms with Crippen LogP contribution in [0, 0.1) is 16.7 Å². The van der Waals surface area contributed by atoms with Crippen molar-refractivity contribution in [3.05, 3.63) is 0 Å². The molecule has 0 atom stereocenters. The van der Waals surface area contributed by atoms with Crippen molar-refractivity contribution in [1.29, 1.82) is 0 Å². The maximum Gasteiger partial charge on any atom is 0.310 e. The van der Waals surface area contributed by atoms with Crippen molar-refractivity contribution in [2.45, 2.75) is 48.5 Å². The Bertz CT molecular complexity index is 259. The normalized spacial score (nSPS) is 12.8. The molecule has 0 aromatic carbocycles. The number of carbonyl (C=O) groups excluding carboxylic acids is 1. The third-order valence-corrected chi connectivity index (χ3v) is 3.02. The zero-order valence-corrected chi connectivity index (χ0v) is 14.2. The maximum absolute atomic E-state index is 12.3. The molecule has 0 rings (SSSR count). The molecular formula is C16H32O4. The van der Waals surface area contributed by atoms with E-state index in [1.54, 1.807) is 0 Å². The lowest BCUT2D eigenvalue weighted by Crippen LogP contribution is -2.40. The maximum atomic E-state index is 12.3. The summed E-state index contributed by atoms with van der Waals surface area (Å²) in [6.07, 6.45) is 0. The van der Waals surface area contributed by atoms with Crippen LogP contribution in [0.15, 0.2) is 0 Å². The molecule has 0 saturated carbocycles. The summed E-state index contributed by atoms with van der Waals surface area (Å²) in [6.45, 7) is 16.9. The zero-order chi connectivity index (χ0) is 15.8. The lowest BCUT2D eigenvalue weighted by atomic mass is 9.67. The fraction of sp³-hybridized carbons (Fsp3) is 0.938. The van der Waals surface area contributed by atoms with E-state index in [0.717, 1.165) is 0 Å². The summed E-state index contributed by atoms with van der Waals surface area (Å²) in [4.78, 5) is 12.3. The van der Waals surface area contributed by atoms with Crippen molar-refractivity contribution in [3.63, 3.8) is 0 Å². The second-order valence-corrected chi connectivity index (χ2v) is 7.14. The molecule has 0 saturated heterocycles. The Morgan fingerprint density at radius 3 is 1.75 bits per heavy atom. The second-order valence-electron chi connectivity index (χ2n) is 7.14.